The predicted molar refractivity (Wildman–Crippen MR) is 94.3 cm³/mol. The van der Waals surface area contributed by atoms with Crippen LogP contribution in [0.5, 0.6) is 5.75 Å². The molecule has 1 aromatic carbocycles. The van der Waals surface area contributed by atoms with Gasteiger partial charge in [-0.3, -0.25) is 9.89 Å². The van der Waals surface area contributed by atoms with E-state index in [1.165, 1.54) is 18.2 Å². The maximum absolute atomic E-state index is 12.4. The minimum absolute atomic E-state index is 0.0481. The van der Waals surface area contributed by atoms with E-state index in [2.05, 4.69) is 19.9 Å². The molecule has 1 heterocycles. The normalized spacial score (nSPS) is 22.3. The van der Waals surface area contributed by atoms with Crippen molar-refractivity contribution in [1.29, 1.82) is 0 Å². The van der Waals surface area contributed by atoms with Crippen LogP contribution in [0.15, 0.2) is 29.3 Å². The molecule has 1 fully saturated rings. The lowest BCUT2D eigenvalue weighted by molar-refractivity contribution is -0.274. The summed E-state index contributed by atoms with van der Waals surface area (Å²) in [6, 6.07) is 5.69. The molecule has 2 rings (SSSR count). The van der Waals surface area contributed by atoms with E-state index in [9.17, 15) is 13.2 Å². The predicted octanol–water partition coefficient (Wildman–Crippen LogP) is 2.81. The van der Waals surface area contributed by atoms with E-state index in [0.717, 1.165) is 26.1 Å². The van der Waals surface area contributed by atoms with E-state index >= 15 is 0 Å². The van der Waals surface area contributed by atoms with Crippen molar-refractivity contribution >= 4 is 11.6 Å². The summed E-state index contributed by atoms with van der Waals surface area (Å²) in [5.41, 5.74) is 5.88. The molecule has 26 heavy (non-hydrogen) atoms. The molecule has 1 aliphatic rings. The summed E-state index contributed by atoms with van der Waals surface area (Å²) in [4.78, 5) is 6.48. The second kappa shape index (κ2) is 9.09. The molecule has 9 heteroatoms. The summed E-state index contributed by atoms with van der Waals surface area (Å²) in [5.74, 6) is -0.304. The molecule has 1 aromatic rings. The van der Waals surface area contributed by atoms with Crippen LogP contribution in [0.3, 0.4) is 0 Å². The number of aliphatic imine (C=N–C) groups is 1. The third-order valence-corrected chi connectivity index (χ3v) is 3.79. The molecule has 0 aliphatic carbocycles. The highest BCUT2D eigenvalue weighted by molar-refractivity contribution is 5.93. The Kier molecular flexibility index (Phi) is 7.10. The van der Waals surface area contributed by atoms with Gasteiger partial charge in [-0.05, 0) is 32.4 Å². The number of nitrogens with two attached hydrogens (primary N) is 1. The molecule has 2 unspecified atom stereocenters. The summed E-state index contributed by atoms with van der Waals surface area (Å²) in [5, 5.41) is 2.65. The third kappa shape index (κ3) is 7.09. The number of nitrogens with zero attached hydrogens (tertiary/aromatic N) is 2. The van der Waals surface area contributed by atoms with Crippen LogP contribution < -0.4 is 15.8 Å². The van der Waals surface area contributed by atoms with Gasteiger partial charge < -0.3 is 20.5 Å². The van der Waals surface area contributed by atoms with E-state index < -0.39 is 6.36 Å². The van der Waals surface area contributed by atoms with E-state index in [0.29, 0.717) is 6.54 Å². The minimum atomic E-state index is -4.77. The Morgan fingerprint density at radius 2 is 1.96 bits per heavy atom. The molecule has 0 amide bonds. The fourth-order valence-electron chi connectivity index (χ4n) is 2.92. The van der Waals surface area contributed by atoms with Crippen molar-refractivity contribution in [3.05, 3.63) is 24.3 Å². The number of benzene rings is 1. The maximum Gasteiger partial charge on any atom is 0.573 e. The fourth-order valence-corrected chi connectivity index (χ4v) is 2.92. The van der Waals surface area contributed by atoms with Crippen LogP contribution >= 0.6 is 0 Å². The Bertz CT molecular complexity index is 600. The van der Waals surface area contributed by atoms with Crippen molar-refractivity contribution in [2.75, 3.05) is 31.5 Å². The molecule has 0 bridgehead atoms. The standard InChI is InChI=1S/C17H25F3N4O2/c1-12-10-24(11-13(2)25-12)9-5-8-22-16(21)23-14-6-3-4-7-15(14)26-17(18,19)20/h3-4,6-7,12-13H,5,8-11H2,1-2H3,(H3,21,22,23). The third-order valence-electron chi connectivity index (χ3n) is 3.79. The smallest absolute Gasteiger partial charge is 0.404 e. The Morgan fingerprint density at radius 1 is 1.31 bits per heavy atom. The van der Waals surface area contributed by atoms with E-state index in [1.807, 2.05) is 13.8 Å². The fraction of sp³-hybridized carbons (Fsp3) is 0.588. The van der Waals surface area contributed by atoms with Crippen LogP contribution in [-0.4, -0.2) is 55.6 Å². The van der Waals surface area contributed by atoms with Gasteiger partial charge in [0.05, 0.1) is 17.9 Å². The van der Waals surface area contributed by atoms with Crippen molar-refractivity contribution < 1.29 is 22.6 Å². The monoisotopic (exact) mass is 374 g/mol. The minimum Gasteiger partial charge on any atom is -0.404 e. The lowest BCUT2D eigenvalue weighted by Gasteiger charge is -2.35. The molecular weight excluding hydrogens is 349 g/mol. The first-order valence-corrected chi connectivity index (χ1v) is 8.52. The van der Waals surface area contributed by atoms with Crippen LogP contribution in [-0.2, 0) is 4.74 Å². The first-order valence-electron chi connectivity index (χ1n) is 8.52. The van der Waals surface area contributed by atoms with Crippen LogP contribution in [0.25, 0.3) is 0 Å². The van der Waals surface area contributed by atoms with Gasteiger partial charge in [0.1, 0.15) is 0 Å². The zero-order valence-corrected chi connectivity index (χ0v) is 14.9. The highest BCUT2D eigenvalue weighted by Crippen LogP contribution is 2.29. The number of hydrogen-bond acceptors (Lipinski definition) is 4. The van der Waals surface area contributed by atoms with E-state index in [1.54, 1.807) is 6.07 Å². The van der Waals surface area contributed by atoms with Crippen LogP contribution in [0.2, 0.25) is 0 Å². The molecule has 0 radical (unpaired) electrons. The number of halogens is 3. The van der Waals surface area contributed by atoms with Gasteiger partial charge >= 0.3 is 6.36 Å². The van der Waals surface area contributed by atoms with Gasteiger partial charge in [-0.2, -0.15) is 0 Å². The summed E-state index contributed by atoms with van der Waals surface area (Å²) < 4.78 is 46.9. The quantitative estimate of drug-likeness (QED) is 0.455. The van der Waals surface area contributed by atoms with Gasteiger partial charge in [0.2, 0.25) is 0 Å². The van der Waals surface area contributed by atoms with Gasteiger partial charge in [-0.1, -0.05) is 12.1 Å². The molecular formula is C17H25F3N4O2. The average Bonchev–Trinajstić information content (AvgIpc) is 2.51. The zero-order chi connectivity index (χ0) is 19.2. The summed E-state index contributed by atoms with van der Waals surface area (Å²) in [6.45, 7) is 7.18. The van der Waals surface area contributed by atoms with Gasteiger partial charge in [0.25, 0.3) is 0 Å². The van der Waals surface area contributed by atoms with E-state index in [-0.39, 0.29) is 29.6 Å². The number of guanidine groups is 1. The number of rotatable bonds is 6. The number of alkyl halides is 3. The molecule has 0 aromatic heterocycles. The maximum atomic E-state index is 12.4. The molecule has 1 saturated heterocycles. The Hall–Kier alpha value is -2.00. The molecule has 146 valence electrons. The summed E-state index contributed by atoms with van der Waals surface area (Å²) in [6.07, 6.45) is -3.56. The van der Waals surface area contributed by atoms with Gasteiger partial charge in [-0.25, -0.2) is 0 Å². The number of ether oxygens (including phenoxy) is 2. The van der Waals surface area contributed by atoms with E-state index in [4.69, 9.17) is 10.5 Å². The largest absolute Gasteiger partial charge is 0.573 e. The highest BCUT2D eigenvalue weighted by atomic mass is 19.4. The van der Waals surface area contributed by atoms with Crippen molar-refractivity contribution in [2.24, 2.45) is 10.7 Å². The highest BCUT2D eigenvalue weighted by Gasteiger charge is 2.32. The number of morpholine rings is 1. The first kappa shape index (κ1) is 20.3. The van der Waals surface area contributed by atoms with Gasteiger partial charge in [0.15, 0.2) is 11.7 Å². The number of para-hydroxylation sites is 2. The van der Waals surface area contributed by atoms with Crippen LogP contribution in [0.4, 0.5) is 18.9 Å². The Balaban J connectivity index is 1.81. The number of hydrogen-bond donors (Lipinski definition) is 2. The Labute approximate surface area is 151 Å². The molecule has 2 atom stereocenters. The summed E-state index contributed by atoms with van der Waals surface area (Å²) in [7, 11) is 0. The topological polar surface area (TPSA) is 72.1 Å². The zero-order valence-electron chi connectivity index (χ0n) is 14.9. The lowest BCUT2D eigenvalue weighted by Crippen LogP contribution is -2.45. The SMILES string of the molecule is CC1CN(CCCN=C(N)Nc2ccccc2OC(F)(F)F)CC(C)O1. The second-order valence-corrected chi connectivity index (χ2v) is 6.31. The van der Waals surface area contributed by atoms with Gasteiger partial charge in [-0.15, -0.1) is 13.2 Å². The molecule has 0 saturated carbocycles. The first-order chi connectivity index (χ1) is 12.2. The number of anilines is 1. The van der Waals surface area contributed by atoms with Gasteiger partial charge in [0, 0.05) is 26.2 Å². The molecule has 3 N–H and O–H groups in total. The van der Waals surface area contributed by atoms with Crippen LogP contribution in [0.1, 0.15) is 20.3 Å². The number of nitrogens with one attached hydrogen (secondary N) is 1. The van der Waals surface area contributed by atoms with Crippen molar-refractivity contribution in [3.8, 4) is 5.75 Å². The molecule has 1 aliphatic heterocycles. The van der Waals surface area contributed by atoms with Crippen molar-refractivity contribution in [3.63, 3.8) is 0 Å². The average molecular weight is 374 g/mol. The molecule has 0 spiro atoms. The lowest BCUT2D eigenvalue weighted by atomic mass is 10.2. The Morgan fingerprint density at radius 3 is 2.62 bits per heavy atom. The van der Waals surface area contributed by atoms with Crippen LogP contribution in [0, 0.1) is 0 Å². The molecule has 6 nitrogen and oxygen atoms in total. The summed E-state index contributed by atoms with van der Waals surface area (Å²) >= 11 is 0. The van der Waals surface area contributed by atoms with Crippen molar-refractivity contribution in [1.82, 2.24) is 4.90 Å². The second-order valence-electron chi connectivity index (χ2n) is 6.31. The van der Waals surface area contributed by atoms with Crippen molar-refractivity contribution in [2.45, 2.75) is 38.8 Å².